The molecule has 0 unspecified atom stereocenters. The van der Waals surface area contributed by atoms with Gasteiger partial charge in [-0.2, -0.15) is 0 Å². The van der Waals surface area contributed by atoms with Gasteiger partial charge < -0.3 is 15.2 Å². The SMILES string of the molecule is COc1ccc(OCc2nnc(SCC(=O)NC(N)=O)n2-c2ccccc2F)cc1. The van der Waals surface area contributed by atoms with Crippen molar-refractivity contribution in [2.45, 2.75) is 11.8 Å². The largest absolute Gasteiger partial charge is 0.497 e. The minimum absolute atomic E-state index is 0.00169. The van der Waals surface area contributed by atoms with E-state index in [9.17, 15) is 14.0 Å². The summed E-state index contributed by atoms with van der Waals surface area (Å²) in [6.45, 7) is 0.00169. The Bertz CT molecular complexity index is 1040. The highest BCUT2D eigenvalue weighted by Crippen LogP contribution is 2.25. The van der Waals surface area contributed by atoms with Crippen molar-refractivity contribution in [2.75, 3.05) is 12.9 Å². The highest BCUT2D eigenvalue weighted by molar-refractivity contribution is 7.99. The summed E-state index contributed by atoms with van der Waals surface area (Å²) in [6.07, 6.45) is 0. The molecule has 0 aliphatic heterocycles. The van der Waals surface area contributed by atoms with Gasteiger partial charge in [-0.05, 0) is 36.4 Å². The van der Waals surface area contributed by atoms with Crippen LogP contribution in [0.4, 0.5) is 9.18 Å². The molecule has 3 N–H and O–H groups in total. The van der Waals surface area contributed by atoms with Crippen molar-refractivity contribution in [2.24, 2.45) is 5.73 Å². The van der Waals surface area contributed by atoms with Crippen molar-refractivity contribution in [1.82, 2.24) is 20.1 Å². The number of thioether (sulfide) groups is 1. The smallest absolute Gasteiger partial charge is 0.318 e. The maximum Gasteiger partial charge on any atom is 0.318 e. The minimum Gasteiger partial charge on any atom is -0.497 e. The fourth-order valence-corrected chi connectivity index (χ4v) is 3.25. The number of primary amides is 1. The van der Waals surface area contributed by atoms with Gasteiger partial charge in [-0.1, -0.05) is 23.9 Å². The number of aromatic nitrogens is 3. The number of carbonyl (C=O) groups is 2. The second-order valence-electron chi connectivity index (χ2n) is 5.85. The average Bonchev–Trinajstić information content (AvgIpc) is 3.13. The van der Waals surface area contributed by atoms with Crippen molar-refractivity contribution in [3.05, 3.63) is 60.2 Å². The summed E-state index contributed by atoms with van der Waals surface area (Å²) >= 11 is 0.979. The molecule has 0 saturated heterocycles. The third-order valence-corrected chi connectivity index (χ3v) is 4.75. The number of methoxy groups -OCH3 is 1. The molecule has 0 aliphatic carbocycles. The van der Waals surface area contributed by atoms with Crippen LogP contribution < -0.4 is 20.5 Å². The van der Waals surface area contributed by atoms with Crippen molar-refractivity contribution in [1.29, 1.82) is 0 Å². The second-order valence-corrected chi connectivity index (χ2v) is 6.79. The number of nitrogens with two attached hydrogens (primary N) is 1. The van der Waals surface area contributed by atoms with Crippen molar-refractivity contribution < 1.29 is 23.5 Å². The van der Waals surface area contributed by atoms with Gasteiger partial charge >= 0.3 is 6.03 Å². The van der Waals surface area contributed by atoms with Gasteiger partial charge in [0, 0.05) is 0 Å². The Hall–Kier alpha value is -3.60. The molecule has 3 rings (SSSR count). The Kier molecular flexibility index (Phi) is 6.86. The lowest BCUT2D eigenvalue weighted by atomic mass is 10.3. The number of ether oxygens (including phenoxy) is 2. The molecule has 156 valence electrons. The Morgan fingerprint density at radius 1 is 1.13 bits per heavy atom. The molecule has 0 fully saturated rings. The first-order valence-electron chi connectivity index (χ1n) is 8.66. The molecule has 9 nitrogen and oxygen atoms in total. The van der Waals surface area contributed by atoms with E-state index in [4.69, 9.17) is 15.2 Å². The fourth-order valence-electron chi connectivity index (χ4n) is 2.49. The number of nitrogens with zero attached hydrogens (tertiary/aromatic N) is 3. The van der Waals surface area contributed by atoms with Crippen molar-refractivity contribution >= 4 is 23.7 Å². The van der Waals surface area contributed by atoms with E-state index in [1.54, 1.807) is 49.6 Å². The minimum atomic E-state index is -0.954. The van der Waals surface area contributed by atoms with Crippen LogP contribution >= 0.6 is 11.8 Å². The van der Waals surface area contributed by atoms with Crippen LogP contribution in [0.1, 0.15) is 5.82 Å². The van der Waals surface area contributed by atoms with E-state index >= 15 is 0 Å². The Balaban J connectivity index is 1.83. The number of amides is 3. The average molecular weight is 431 g/mol. The maximum absolute atomic E-state index is 14.4. The number of benzene rings is 2. The van der Waals surface area contributed by atoms with E-state index in [-0.39, 0.29) is 23.2 Å². The number of nitrogens with one attached hydrogen (secondary N) is 1. The van der Waals surface area contributed by atoms with Gasteiger partial charge in [0.05, 0.1) is 18.6 Å². The van der Waals surface area contributed by atoms with Gasteiger partial charge in [-0.25, -0.2) is 9.18 Å². The molecule has 3 aromatic rings. The lowest BCUT2D eigenvalue weighted by molar-refractivity contribution is -0.117. The lowest BCUT2D eigenvalue weighted by Crippen LogP contribution is -2.36. The summed E-state index contributed by atoms with van der Waals surface area (Å²) in [4.78, 5) is 22.5. The first-order valence-corrected chi connectivity index (χ1v) is 9.64. The van der Waals surface area contributed by atoms with Crippen LogP contribution in [0.3, 0.4) is 0 Å². The fraction of sp³-hybridized carbons (Fsp3) is 0.158. The third-order valence-electron chi connectivity index (χ3n) is 3.82. The third kappa shape index (κ3) is 5.26. The van der Waals surface area contributed by atoms with Crippen LogP contribution in [0.15, 0.2) is 53.7 Å². The van der Waals surface area contributed by atoms with E-state index in [0.29, 0.717) is 17.3 Å². The highest BCUT2D eigenvalue weighted by atomic mass is 32.2. The van der Waals surface area contributed by atoms with Crippen LogP contribution in [0, 0.1) is 5.82 Å². The number of halogens is 1. The molecule has 0 bridgehead atoms. The van der Waals surface area contributed by atoms with E-state index < -0.39 is 17.8 Å². The molecule has 0 atom stereocenters. The Morgan fingerprint density at radius 2 is 1.83 bits per heavy atom. The number of hydrogen-bond acceptors (Lipinski definition) is 7. The second kappa shape index (κ2) is 9.74. The summed E-state index contributed by atoms with van der Waals surface area (Å²) in [7, 11) is 1.57. The Labute approximate surface area is 175 Å². The maximum atomic E-state index is 14.4. The molecule has 0 saturated carbocycles. The van der Waals surface area contributed by atoms with Gasteiger partial charge in [-0.15, -0.1) is 10.2 Å². The molecule has 0 aliphatic rings. The number of urea groups is 1. The van der Waals surface area contributed by atoms with E-state index in [0.717, 1.165) is 11.8 Å². The number of hydrogen-bond donors (Lipinski definition) is 2. The summed E-state index contributed by atoms with van der Waals surface area (Å²) in [6, 6.07) is 12.1. The topological polar surface area (TPSA) is 121 Å². The van der Waals surface area contributed by atoms with Crippen LogP contribution in [0.25, 0.3) is 5.69 Å². The normalized spacial score (nSPS) is 10.5. The van der Waals surface area contributed by atoms with E-state index in [1.807, 2.05) is 5.32 Å². The lowest BCUT2D eigenvalue weighted by Gasteiger charge is -2.12. The van der Waals surface area contributed by atoms with Crippen LogP contribution in [0.2, 0.25) is 0 Å². The zero-order chi connectivity index (χ0) is 21.5. The monoisotopic (exact) mass is 431 g/mol. The molecular weight excluding hydrogens is 413 g/mol. The number of carbonyl (C=O) groups excluding carboxylic acids is 2. The molecule has 1 aromatic heterocycles. The first-order chi connectivity index (χ1) is 14.5. The molecule has 30 heavy (non-hydrogen) atoms. The quantitative estimate of drug-likeness (QED) is 0.525. The molecule has 0 spiro atoms. The zero-order valence-electron chi connectivity index (χ0n) is 15.9. The number of para-hydroxylation sites is 1. The first kappa shape index (κ1) is 21.1. The molecular formula is C19H18FN5O4S. The van der Waals surface area contributed by atoms with Crippen molar-refractivity contribution in [3.8, 4) is 17.2 Å². The highest BCUT2D eigenvalue weighted by Gasteiger charge is 2.19. The van der Waals surface area contributed by atoms with Crippen LogP contribution in [0.5, 0.6) is 11.5 Å². The standard InChI is InChI=1S/C19H18FN5O4S/c1-28-12-6-8-13(9-7-12)29-10-16-23-24-19(30-11-17(26)22-18(21)27)25(16)15-5-3-2-4-14(15)20/h2-9H,10-11H2,1H3,(H3,21,22,26,27). The van der Waals surface area contributed by atoms with E-state index in [1.165, 1.54) is 10.6 Å². The van der Waals surface area contributed by atoms with Gasteiger partial charge in [0.2, 0.25) is 5.91 Å². The predicted molar refractivity (Wildman–Crippen MR) is 107 cm³/mol. The molecule has 3 amide bonds. The van der Waals surface area contributed by atoms with Crippen LogP contribution in [-0.4, -0.2) is 39.6 Å². The summed E-state index contributed by atoms with van der Waals surface area (Å²) in [5, 5.41) is 10.3. The number of rotatable bonds is 8. The molecule has 11 heteroatoms. The molecule has 1 heterocycles. The van der Waals surface area contributed by atoms with Gasteiger partial charge in [0.1, 0.15) is 23.9 Å². The number of imide groups is 1. The molecule has 0 radical (unpaired) electrons. The summed E-state index contributed by atoms with van der Waals surface area (Å²) in [5.41, 5.74) is 5.14. The predicted octanol–water partition coefficient (Wildman–Crippen LogP) is 2.28. The van der Waals surface area contributed by atoms with Crippen molar-refractivity contribution in [3.63, 3.8) is 0 Å². The Morgan fingerprint density at radius 3 is 2.50 bits per heavy atom. The van der Waals surface area contributed by atoms with Crippen LogP contribution in [-0.2, 0) is 11.4 Å². The zero-order valence-corrected chi connectivity index (χ0v) is 16.7. The summed E-state index contributed by atoms with van der Waals surface area (Å²) in [5.74, 6) is 0.319. The van der Waals surface area contributed by atoms with Gasteiger partial charge in [0.15, 0.2) is 11.0 Å². The summed E-state index contributed by atoms with van der Waals surface area (Å²) < 4.78 is 26.8. The van der Waals surface area contributed by atoms with Gasteiger partial charge in [0.25, 0.3) is 0 Å². The van der Waals surface area contributed by atoms with E-state index in [2.05, 4.69) is 10.2 Å². The van der Waals surface area contributed by atoms with Gasteiger partial charge in [-0.3, -0.25) is 14.7 Å². The molecule has 2 aromatic carbocycles.